The zero-order valence-electron chi connectivity index (χ0n) is 9.50. The minimum Gasteiger partial charge on any atom is -0.355 e. The first kappa shape index (κ1) is 13.0. The number of carbonyl (C=O) groups excluding carboxylic acids is 2. The molecule has 0 bridgehead atoms. The Hall–Kier alpha value is -1.43. The van der Waals surface area contributed by atoms with Crippen LogP contribution >= 0.6 is 15.9 Å². The van der Waals surface area contributed by atoms with Crippen LogP contribution in [0.1, 0.15) is 12.0 Å². The lowest BCUT2D eigenvalue weighted by atomic mass is 10.1. The first-order valence-corrected chi connectivity index (χ1v) is 6.34. The van der Waals surface area contributed by atoms with E-state index in [1.165, 1.54) is 6.07 Å². The van der Waals surface area contributed by atoms with Crippen LogP contribution in [0.5, 0.6) is 0 Å². The van der Waals surface area contributed by atoms with Crippen molar-refractivity contribution >= 4 is 27.7 Å². The predicted molar refractivity (Wildman–Crippen MR) is 67.1 cm³/mol. The van der Waals surface area contributed by atoms with E-state index in [0.717, 1.165) is 4.47 Å². The Morgan fingerprint density at radius 3 is 3.00 bits per heavy atom. The lowest BCUT2D eigenvalue weighted by Crippen LogP contribution is -2.31. The molecule has 1 atom stereocenters. The number of halogens is 2. The third-order valence-electron chi connectivity index (χ3n) is 2.81. The molecule has 2 amide bonds. The molecule has 6 heteroatoms. The number of rotatable bonds is 3. The fraction of sp³-hybridized carbons (Fsp3) is 0.333. The van der Waals surface area contributed by atoms with E-state index in [-0.39, 0.29) is 36.5 Å². The fourth-order valence-electron chi connectivity index (χ4n) is 1.80. The summed E-state index contributed by atoms with van der Waals surface area (Å²) in [7, 11) is 0. The van der Waals surface area contributed by atoms with Gasteiger partial charge in [0.2, 0.25) is 11.8 Å². The standard InChI is InChI=1S/C12H12BrFN2O2/c13-9-1-2-10(14)7(3-9)5-16-12(18)8-4-11(17)15-6-8/h1-3,8H,4-6H2,(H,15,17)(H,16,18). The van der Waals surface area contributed by atoms with Crippen LogP contribution in [0.15, 0.2) is 22.7 Å². The van der Waals surface area contributed by atoms with Crippen molar-refractivity contribution in [1.82, 2.24) is 10.6 Å². The van der Waals surface area contributed by atoms with Crippen molar-refractivity contribution in [1.29, 1.82) is 0 Å². The van der Waals surface area contributed by atoms with Crippen molar-refractivity contribution < 1.29 is 14.0 Å². The van der Waals surface area contributed by atoms with Gasteiger partial charge in [0.1, 0.15) is 5.82 Å². The van der Waals surface area contributed by atoms with Crippen molar-refractivity contribution in [2.45, 2.75) is 13.0 Å². The van der Waals surface area contributed by atoms with Crippen LogP contribution in [0.3, 0.4) is 0 Å². The summed E-state index contributed by atoms with van der Waals surface area (Å²) in [5.74, 6) is -1.07. The van der Waals surface area contributed by atoms with E-state index < -0.39 is 0 Å². The Morgan fingerprint density at radius 1 is 1.56 bits per heavy atom. The lowest BCUT2D eigenvalue weighted by Gasteiger charge is -2.10. The number of amides is 2. The lowest BCUT2D eigenvalue weighted by molar-refractivity contribution is -0.126. The second-order valence-electron chi connectivity index (χ2n) is 4.16. The Morgan fingerprint density at radius 2 is 2.33 bits per heavy atom. The molecule has 4 nitrogen and oxygen atoms in total. The van der Waals surface area contributed by atoms with Crippen LogP contribution in [0, 0.1) is 11.7 Å². The molecule has 1 aromatic carbocycles. The highest BCUT2D eigenvalue weighted by Gasteiger charge is 2.27. The number of nitrogens with one attached hydrogen (secondary N) is 2. The van der Waals surface area contributed by atoms with Gasteiger partial charge in [-0.15, -0.1) is 0 Å². The third kappa shape index (κ3) is 3.07. The first-order valence-electron chi connectivity index (χ1n) is 5.54. The van der Waals surface area contributed by atoms with Gasteiger partial charge in [0, 0.05) is 29.5 Å². The van der Waals surface area contributed by atoms with Crippen molar-refractivity contribution in [2.24, 2.45) is 5.92 Å². The third-order valence-corrected chi connectivity index (χ3v) is 3.30. The molecule has 1 saturated heterocycles. The van der Waals surface area contributed by atoms with Crippen LogP contribution in [0.25, 0.3) is 0 Å². The molecule has 1 heterocycles. The van der Waals surface area contributed by atoms with Gasteiger partial charge in [0.05, 0.1) is 5.92 Å². The SMILES string of the molecule is O=C1CC(C(=O)NCc2cc(Br)ccc2F)CN1. The number of hydrogen-bond acceptors (Lipinski definition) is 2. The van der Waals surface area contributed by atoms with Gasteiger partial charge >= 0.3 is 0 Å². The molecule has 1 aromatic rings. The van der Waals surface area contributed by atoms with E-state index in [0.29, 0.717) is 12.1 Å². The molecule has 96 valence electrons. The molecular formula is C12H12BrFN2O2. The minimum absolute atomic E-state index is 0.120. The monoisotopic (exact) mass is 314 g/mol. The number of benzene rings is 1. The van der Waals surface area contributed by atoms with Gasteiger partial charge in [-0.25, -0.2) is 4.39 Å². The molecule has 2 N–H and O–H groups in total. The summed E-state index contributed by atoms with van der Waals surface area (Å²) in [5, 5.41) is 5.23. The van der Waals surface area contributed by atoms with E-state index in [1.54, 1.807) is 12.1 Å². The van der Waals surface area contributed by atoms with E-state index in [2.05, 4.69) is 26.6 Å². The van der Waals surface area contributed by atoms with E-state index >= 15 is 0 Å². The van der Waals surface area contributed by atoms with Gasteiger partial charge in [-0.05, 0) is 18.2 Å². The van der Waals surface area contributed by atoms with Gasteiger partial charge in [0.25, 0.3) is 0 Å². The predicted octanol–water partition coefficient (Wildman–Crippen LogP) is 1.34. The van der Waals surface area contributed by atoms with Gasteiger partial charge < -0.3 is 10.6 Å². The van der Waals surface area contributed by atoms with Crippen LogP contribution in [-0.4, -0.2) is 18.4 Å². The zero-order chi connectivity index (χ0) is 13.1. The van der Waals surface area contributed by atoms with Crippen LogP contribution in [0.2, 0.25) is 0 Å². The highest BCUT2D eigenvalue weighted by molar-refractivity contribution is 9.10. The van der Waals surface area contributed by atoms with Crippen LogP contribution in [0.4, 0.5) is 4.39 Å². The summed E-state index contributed by atoms with van der Waals surface area (Å²) in [6.45, 7) is 0.473. The average molecular weight is 315 g/mol. The van der Waals surface area contributed by atoms with Crippen LogP contribution in [-0.2, 0) is 16.1 Å². The Labute approximate surface area is 112 Å². The number of carbonyl (C=O) groups is 2. The molecule has 1 fully saturated rings. The summed E-state index contributed by atoms with van der Waals surface area (Å²) < 4.78 is 14.2. The molecule has 18 heavy (non-hydrogen) atoms. The minimum atomic E-state index is -0.362. The normalized spacial score (nSPS) is 18.6. The molecule has 0 radical (unpaired) electrons. The van der Waals surface area contributed by atoms with Crippen molar-refractivity contribution in [3.63, 3.8) is 0 Å². The molecule has 0 saturated carbocycles. The molecule has 1 unspecified atom stereocenters. The molecule has 0 spiro atoms. The topological polar surface area (TPSA) is 58.2 Å². The summed E-state index contributed by atoms with van der Waals surface area (Å²) in [4.78, 5) is 22.7. The first-order chi connectivity index (χ1) is 8.56. The summed E-state index contributed by atoms with van der Waals surface area (Å²) >= 11 is 3.24. The summed E-state index contributed by atoms with van der Waals surface area (Å²) in [6, 6.07) is 4.56. The molecule has 0 aliphatic carbocycles. The molecule has 1 aliphatic heterocycles. The molecular weight excluding hydrogens is 303 g/mol. The van der Waals surface area contributed by atoms with E-state index in [4.69, 9.17) is 0 Å². The maximum absolute atomic E-state index is 13.4. The maximum Gasteiger partial charge on any atom is 0.225 e. The highest BCUT2D eigenvalue weighted by Crippen LogP contribution is 2.16. The fourth-order valence-corrected chi connectivity index (χ4v) is 2.20. The molecule has 0 aromatic heterocycles. The smallest absolute Gasteiger partial charge is 0.225 e. The van der Waals surface area contributed by atoms with Gasteiger partial charge in [-0.1, -0.05) is 15.9 Å². The van der Waals surface area contributed by atoms with Crippen LogP contribution < -0.4 is 10.6 Å². The molecule has 1 aliphatic rings. The van der Waals surface area contributed by atoms with Gasteiger partial charge in [-0.3, -0.25) is 9.59 Å². The number of hydrogen-bond donors (Lipinski definition) is 2. The quantitative estimate of drug-likeness (QED) is 0.884. The molecule has 2 rings (SSSR count). The highest BCUT2D eigenvalue weighted by atomic mass is 79.9. The Bertz CT molecular complexity index is 493. The second-order valence-corrected chi connectivity index (χ2v) is 5.07. The summed E-state index contributed by atoms with van der Waals surface area (Å²) in [6.07, 6.45) is 0.201. The Balaban J connectivity index is 1.93. The van der Waals surface area contributed by atoms with E-state index in [1.807, 2.05) is 0 Å². The second kappa shape index (κ2) is 5.48. The van der Waals surface area contributed by atoms with Crippen molar-refractivity contribution in [3.05, 3.63) is 34.1 Å². The Kier molecular flexibility index (Phi) is 3.96. The van der Waals surface area contributed by atoms with E-state index in [9.17, 15) is 14.0 Å². The van der Waals surface area contributed by atoms with Gasteiger partial charge in [0.15, 0.2) is 0 Å². The average Bonchev–Trinajstić information content (AvgIpc) is 2.77. The summed E-state index contributed by atoms with van der Waals surface area (Å²) in [5.41, 5.74) is 0.412. The largest absolute Gasteiger partial charge is 0.355 e. The van der Waals surface area contributed by atoms with Gasteiger partial charge in [-0.2, -0.15) is 0 Å². The zero-order valence-corrected chi connectivity index (χ0v) is 11.1. The van der Waals surface area contributed by atoms with Crippen molar-refractivity contribution in [3.8, 4) is 0 Å². The van der Waals surface area contributed by atoms with Crippen molar-refractivity contribution in [2.75, 3.05) is 6.54 Å². The maximum atomic E-state index is 13.4.